The van der Waals surface area contributed by atoms with Crippen molar-refractivity contribution in [3.63, 3.8) is 0 Å². The van der Waals surface area contributed by atoms with Gasteiger partial charge in [-0.3, -0.25) is 4.90 Å². The Hall–Kier alpha value is -0.0800. The molecule has 1 N–H and O–H groups in total. The average Bonchev–Trinajstić information content (AvgIpc) is 2.58. The summed E-state index contributed by atoms with van der Waals surface area (Å²) in [7, 11) is 0. The number of nitrogens with one attached hydrogen (secondary N) is 1. The van der Waals surface area contributed by atoms with Crippen LogP contribution in [0.15, 0.2) is 0 Å². The SMILES string of the molecule is C1CCC2(CC1)CCN(C1CCCNC13CCCCC3)CC2. The average molecular weight is 305 g/mol. The molecule has 2 heteroatoms. The second kappa shape index (κ2) is 6.43. The third-order valence-electron chi connectivity index (χ3n) is 7.73. The minimum absolute atomic E-state index is 0.494. The molecule has 4 fully saturated rings. The van der Waals surface area contributed by atoms with Crippen molar-refractivity contribution in [2.45, 2.75) is 101 Å². The highest BCUT2D eigenvalue weighted by atomic mass is 15.2. The predicted molar refractivity (Wildman–Crippen MR) is 93.2 cm³/mol. The highest BCUT2D eigenvalue weighted by Gasteiger charge is 2.46. The lowest BCUT2D eigenvalue weighted by Gasteiger charge is -2.55. The van der Waals surface area contributed by atoms with Crippen molar-refractivity contribution in [2.75, 3.05) is 19.6 Å². The van der Waals surface area contributed by atoms with Crippen LogP contribution in [0.2, 0.25) is 0 Å². The van der Waals surface area contributed by atoms with Gasteiger partial charge in [-0.15, -0.1) is 0 Å². The fourth-order valence-corrected chi connectivity index (χ4v) is 6.36. The summed E-state index contributed by atoms with van der Waals surface area (Å²) in [5.74, 6) is 0. The van der Waals surface area contributed by atoms with Crippen molar-refractivity contribution < 1.29 is 0 Å². The quantitative estimate of drug-likeness (QED) is 0.768. The smallest absolute Gasteiger partial charge is 0.0337 e. The van der Waals surface area contributed by atoms with E-state index in [2.05, 4.69) is 10.2 Å². The van der Waals surface area contributed by atoms with Crippen molar-refractivity contribution in [3.05, 3.63) is 0 Å². The molecular weight excluding hydrogens is 268 g/mol. The van der Waals surface area contributed by atoms with Gasteiger partial charge in [-0.25, -0.2) is 0 Å². The van der Waals surface area contributed by atoms with Gasteiger partial charge in [0.05, 0.1) is 0 Å². The normalized spacial score (nSPS) is 35.7. The van der Waals surface area contributed by atoms with Crippen LogP contribution >= 0.6 is 0 Å². The highest BCUT2D eigenvalue weighted by Crippen LogP contribution is 2.46. The molecule has 1 atom stereocenters. The van der Waals surface area contributed by atoms with E-state index in [0.29, 0.717) is 5.54 Å². The molecule has 22 heavy (non-hydrogen) atoms. The van der Waals surface area contributed by atoms with Gasteiger partial charge in [0, 0.05) is 11.6 Å². The van der Waals surface area contributed by atoms with Crippen molar-refractivity contribution in [1.82, 2.24) is 10.2 Å². The summed E-state index contributed by atoms with van der Waals surface area (Å²) < 4.78 is 0. The minimum Gasteiger partial charge on any atom is -0.310 e. The zero-order chi connectivity index (χ0) is 14.9. The van der Waals surface area contributed by atoms with E-state index >= 15 is 0 Å². The van der Waals surface area contributed by atoms with E-state index in [0.717, 1.165) is 11.5 Å². The Morgan fingerprint density at radius 3 is 2.00 bits per heavy atom. The molecular formula is C20H36N2. The second-order valence-electron chi connectivity index (χ2n) is 8.90. The zero-order valence-corrected chi connectivity index (χ0v) is 14.5. The summed E-state index contributed by atoms with van der Waals surface area (Å²) in [5, 5.41) is 4.01. The maximum atomic E-state index is 4.01. The molecule has 126 valence electrons. The van der Waals surface area contributed by atoms with E-state index in [9.17, 15) is 0 Å². The Labute approximate surface area is 137 Å². The van der Waals surface area contributed by atoms with E-state index in [-0.39, 0.29) is 0 Å². The Bertz CT molecular complexity index is 348. The molecule has 0 aromatic carbocycles. The fraction of sp³-hybridized carbons (Fsp3) is 1.00. The van der Waals surface area contributed by atoms with Crippen molar-refractivity contribution in [3.8, 4) is 0 Å². The van der Waals surface area contributed by atoms with Gasteiger partial charge >= 0.3 is 0 Å². The Kier molecular flexibility index (Phi) is 4.52. The Morgan fingerprint density at radius 1 is 0.682 bits per heavy atom. The van der Waals surface area contributed by atoms with E-state index in [1.165, 1.54) is 110 Å². The molecule has 0 amide bonds. The standard InChI is InChI=1S/C20H36N2/c1-3-9-19(10-4-1)13-16-22(17-14-19)18-8-7-15-21-20(18)11-5-2-6-12-20/h18,21H,1-17H2. The molecule has 0 aromatic rings. The topological polar surface area (TPSA) is 15.3 Å². The number of hydrogen-bond donors (Lipinski definition) is 1. The van der Waals surface area contributed by atoms with Crippen LogP contribution in [0.1, 0.15) is 89.9 Å². The molecule has 2 nitrogen and oxygen atoms in total. The molecule has 0 bridgehead atoms. The van der Waals surface area contributed by atoms with E-state index in [1.807, 2.05) is 0 Å². The number of likely N-dealkylation sites (tertiary alicyclic amines) is 1. The lowest BCUT2D eigenvalue weighted by atomic mass is 9.66. The van der Waals surface area contributed by atoms with Crippen LogP contribution in [0.4, 0.5) is 0 Å². The number of rotatable bonds is 1. The monoisotopic (exact) mass is 304 g/mol. The first-order valence-electron chi connectivity index (χ1n) is 10.3. The third-order valence-corrected chi connectivity index (χ3v) is 7.73. The lowest BCUT2D eigenvalue weighted by Crippen LogP contribution is -2.65. The van der Waals surface area contributed by atoms with Crippen LogP contribution in [0.3, 0.4) is 0 Å². The van der Waals surface area contributed by atoms with Gasteiger partial charge in [-0.2, -0.15) is 0 Å². The summed E-state index contributed by atoms with van der Waals surface area (Å²) in [6.07, 6.45) is 20.7. The highest BCUT2D eigenvalue weighted by molar-refractivity contribution is 5.05. The lowest BCUT2D eigenvalue weighted by molar-refractivity contribution is -0.0115. The molecule has 0 aromatic heterocycles. The minimum atomic E-state index is 0.494. The predicted octanol–water partition coefficient (Wildman–Crippen LogP) is 4.49. The van der Waals surface area contributed by atoms with Crippen molar-refractivity contribution in [1.29, 1.82) is 0 Å². The van der Waals surface area contributed by atoms with Gasteiger partial charge in [0.25, 0.3) is 0 Å². The molecule has 2 spiro atoms. The summed E-state index contributed by atoms with van der Waals surface area (Å²) >= 11 is 0. The molecule has 4 rings (SSSR count). The van der Waals surface area contributed by atoms with Crippen LogP contribution in [0.5, 0.6) is 0 Å². The van der Waals surface area contributed by atoms with E-state index in [4.69, 9.17) is 0 Å². The van der Waals surface area contributed by atoms with Crippen LogP contribution in [-0.4, -0.2) is 36.1 Å². The van der Waals surface area contributed by atoms with Crippen LogP contribution in [-0.2, 0) is 0 Å². The molecule has 2 heterocycles. The maximum absolute atomic E-state index is 4.01. The first-order valence-corrected chi connectivity index (χ1v) is 10.3. The first kappa shape index (κ1) is 15.4. The number of hydrogen-bond acceptors (Lipinski definition) is 2. The second-order valence-corrected chi connectivity index (χ2v) is 8.90. The number of nitrogens with zero attached hydrogens (tertiary/aromatic N) is 1. The Morgan fingerprint density at radius 2 is 1.32 bits per heavy atom. The van der Waals surface area contributed by atoms with Gasteiger partial charge in [-0.1, -0.05) is 38.5 Å². The third kappa shape index (κ3) is 2.86. The van der Waals surface area contributed by atoms with Crippen LogP contribution < -0.4 is 5.32 Å². The van der Waals surface area contributed by atoms with Gasteiger partial charge in [0.15, 0.2) is 0 Å². The van der Waals surface area contributed by atoms with Crippen molar-refractivity contribution in [2.24, 2.45) is 5.41 Å². The Balaban J connectivity index is 1.42. The van der Waals surface area contributed by atoms with Crippen LogP contribution in [0, 0.1) is 5.41 Å². The van der Waals surface area contributed by atoms with E-state index in [1.54, 1.807) is 0 Å². The zero-order valence-electron chi connectivity index (χ0n) is 14.5. The van der Waals surface area contributed by atoms with Gasteiger partial charge in [0.1, 0.15) is 0 Å². The summed E-state index contributed by atoms with van der Waals surface area (Å²) in [5.41, 5.74) is 1.25. The largest absolute Gasteiger partial charge is 0.310 e. The van der Waals surface area contributed by atoms with Crippen molar-refractivity contribution >= 4 is 0 Å². The summed E-state index contributed by atoms with van der Waals surface area (Å²) in [4.78, 5) is 2.93. The molecule has 4 aliphatic rings. The molecule has 2 saturated carbocycles. The molecule has 2 aliphatic carbocycles. The van der Waals surface area contributed by atoms with Gasteiger partial charge in [-0.05, 0) is 76.4 Å². The van der Waals surface area contributed by atoms with Crippen LogP contribution in [0.25, 0.3) is 0 Å². The maximum Gasteiger partial charge on any atom is 0.0337 e. The summed E-state index contributed by atoms with van der Waals surface area (Å²) in [6, 6.07) is 0.850. The molecule has 2 aliphatic heterocycles. The number of piperidine rings is 2. The molecule has 2 saturated heterocycles. The van der Waals surface area contributed by atoms with Gasteiger partial charge < -0.3 is 5.32 Å². The van der Waals surface area contributed by atoms with Gasteiger partial charge in [0.2, 0.25) is 0 Å². The summed E-state index contributed by atoms with van der Waals surface area (Å²) in [6.45, 7) is 4.07. The molecule has 1 unspecified atom stereocenters. The molecule has 0 radical (unpaired) electrons. The first-order chi connectivity index (χ1) is 10.8. The fourth-order valence-electron chi connectivity index (χ4n) is 6.36. The van der Waals surface area contributed by atoms with E-state index < -0.39 is 0 Å².